The molecule has 2 amide bonds. The molecule has 1 N–H and O–H groups in total. The molecule has 2 rings (SSSR count). The van der Waals surface area contributed by atoms with E-state index in [-0.39, 0.29) is 24.8 Å². The van der Waals surface area contributed by atoms with Crippen LogP contribution in [-0.4, -0.2) is 50.5 Å². The van der Waals surface area contributed by atoms with E-state index in [1.807, 2.05) is 77.9 Å². The van der Waals surface area contributed by atoms with E-state index in [2.05, 4.69) is 5.32 Å². The number of hydrogen-bond donors (Lipinski definition) is 1. The topological polar surface area (TPSA) is 86.8 Å². The van der Waals surface area contributed by atoms with Gasteiger partial charge in [-0.05, 0) is 62.3 Å². The van der Waals surface area contributed by atoms with Crippen LogP contribution in [-0.2, 0) is 26.2 Å². The molecule has 2 aromatic rings. The van der Waals surface area contributed by atoms with E-state index >= 15 is 0 Å². The fraction of sp³-hybridized carbons (Fsp3) is 0.517. The monoisotopic (exact) mass is 529 g/mol. The van der Waals surface area contributed by atoms with Crippen molar-refractivity contribution >= 4 is 27.5 Å². The third-order valence-electron chi connectivity index (χ3n) is 6.54. The Labute approximate surface area is 223 Å². The van der Waals surface area contributed by atoms with Gasteiger partial charge in [-0.3, -0.25) is 13.9 Å². The van der Waals surface area contributed by atoms with Crippen molar-refractivity contribution in [1.82, 2.24) is 10.2 Å². The lowest BCUT2D eigenvalue weighted by Gasteiger charge is -2.31. The molecule has 0 aromatic heterocycles. The Morgan fingerprint density at radius 2 is 1.65 bits per heavy atom. The molecule has 0 aliphatic heterocycles. The number of hydrogen-bond acceptors (Lipinski definition) is 4. The van der Waals surface area contributed by atoms with Gasteiger partial charge in [0.1, 0.15) is 6.04 Å². The van der Waals surface area contributed by atoms with Crippen LogP contribution >= 0.6 is 0 Å². The second kappa shape index (κ2) is 13.6. The summed E-state index contributed by atoms with van der Waals surface area (Å²) in [4.78, 5) is 28.2. The maximum absolute atomic E-state index is 13.5. The Morgan fingerprint density at radius 3 is 2.22 bits per heavy atom. The van der Waals surface area contributed by atoms with Crippen LogP contribution in [0, 0.1) is 26.7 Å². The van der Waals surface area contributed by atoms with Crippen molar-refractivity contribution in [2.75, 3.05) is 23.7 Å². The predicted octanol–water partition coefficient (Wildman–Crippen LogP) is 4.74. The average Bonchev–Trinajstić information content (AvgIpc) is 2.82. The number of sulfonamides is 1. The van der Waals surface area contributed by atoms with Gasteiger partial charge in [0, 0.05) is 26.1 Å². The second-order valence-corrected chi connectivity index (χ2v) is 12.1. The molecule has 204 valence electrons. The first kappa shape index (κ1) is 30.4. The lowest BCUT2D eigenvalue weighted by atomic mass is 10.1. The molecule has 8 heteroatoms. The number of amides is 2. The number of anilines is 1. The van der Waals surface area contributed by atoms with Crippen LogP contribution < -0.4 is 9.62 Å². The number of nitrogens with one attached hydrogen (secondary N) is 1. The summed E-state index contributed by atoms with van der Waals surface area (Å²) in [5.41, 5.74) is 4.60. The standard InChI is InChI=1S/C29H43N3O4S/c1-8-26(29(34)30-19-21(2)3)31(20-25-16-14-22(4)15-17-25)28(33)13-10-18-32(37(7,35)36)27-12-9-11-23(5)24(27)6/h9,11-12,14-17,21,26H,8,10,13,18-20H2,1-7H3,(H,30,34)/t26-/m1/s1. The molecule has 0 saturated heterocycles. The first-order valence-electron chi connectivity index (χ1n) is 13.0. The van der Waals surface area contributed by atoms with Crippen LogP contribution in [0.3, 0.4) is 0 Å². The summed E-state index contributed by atoms with van der Waals surface area (Å²) in [6.45, 7) is 12.9. The predicted molar refractivity (Wildman–Crippen MR) is 151 cm³/mol. The molecular formula is C29H43N3O4S. The van der Waals surface area contributed by atoms with Crippen molar-refractivity contribution < 1.29 is 18.0 Å². The van der Waals surface area contributed by atoms with Gasteiger partial charge >= 0.3 is 0 Å². The normalized spacial score (nSPS) is 12.3. The highest BCUT2D eigenvalue weighted by Crippen LogP contribution is 2.25. The summed E-state index contributed by atoms with van der Waals surface area (Å²) in [6.07, 6.45) is 2.15. The maximum Gasteiger partial charge on any atom is 0.242 e. The molecule has 0 unspecified atom stereocenters. The Hall–Kier alpha value is -2.87. The molecule has 0 radical (unpaired) electrons. The third kappa shape index (κ3) is 8.88. The Morgan fingerprint density at radius 1 is 1.00 bits per heavy atom. The number of carbonyl (C=O) groups excluding carboxylic acids is 2. The van der Waals surface area contributed by atoms with Gasteiger partial charge in [0.2, 0.25) is 21.8 Å². The summed E-state index contributed by atoms with van der Waals surface area (Å²) >= 11 is 0. The number of carbonyl (C=O) groups is 2. The smallest absolute Gasteiger partial charge is 0.242 e. The molecule has 7 nitrogen and oxygen atoms in total. The number of aryl methyl sites for hydroxylation is 2. The zero-order valence-electron chi connectivity index (χ0n) is 23.4. The second-order valence-electron chi connectivity index (χ2n) is 10.2. The maximum atomic E-state index is 13.5. The van der Waals surface area contributed by atoms with E-state index in [0.29, 0.717) is 37.5 Å². The summed E-state index contributed by atoms with van der Waals surface area (Å²) < 4.78 is 26.6. The highest BCUT2D eigenvalue weighted by Gasteiger charge is 2.29. The third-order valence-corrected chi connectivity index (χ3v) is 7.72. The molecule has 0 heterocycles. The van der Waals surface area contributed by atoms with Crippen LogP contribution in [0.1, 0.15) is 62.3 Å². The summed E-state index contributed by atoms with van der Waals surface area (Å²) in [5.74, 6) is -0.0268. The van der Waals surface area contributed by atoms with E-state index in [9.17, 15) is 18.0 Å². The summed E-state index contributed by atoms with van der Waals surface area (Å²) in [7, 11) is -3.53. The largest absolute Gasteiger partial charge is 0.354 e. The Kier molecular flexibility index (Phi) is 11.2. The summed E-state index contributed by atoms with van der Waals surface area (Å²) in [6, 6.07) is 12.9. The van der Waals surface area contributed by atoms with Gasteiger partial charge in [0.05, 0.1) is 11.9 Å². The van der Waals surface area contributed by atoms with Crippen LogP contribution in [0.25, 0.3) is 0 Å². The molecular weight excluding hydrogens is 486 g/mol. The van der Waals surface area contributed by atoms with Gasteiger partial charge in [-0.1, -0.05) is 62.7 Å². The van der Waals surface area contributed by atoms with Gasteiger partial charge in [-0.2, -0.15) is 0 Å². The zero-order valence-corrected chi connectivity index (χ0v) is 24.2. The molecule has 0 fully saturated rings. The molecule has 0 aliphatic rings. The molecule has 0 bridgehead atoms. The highest BCUT2D eigenvalue weighted by atomic mass is 32.2. The fourth-order valence-electron chi connectivity index (χ4n) is 4.22. The Bertz CT molecular complexity index is 1160. The van der Waals surface area contributed by atoms with E-state index in [1.165, 1.54) is 10.6 Å². The Balaban J connectivity index is 2.24. The van der Waals surface area contributed by atoms with Gasteiger partial charge in [-0.25, -0.2) is 8.42 Å². The SMILES string of the molecule is CC[C@H](C(=O)NCC(C)C)N(Cc1ccc(C)cc1)C(=O)CCCN(c1cccc(C)c1C)S(C)(=O)=O. The number of rotatable bonds is 13. The van der Waals surface area contributed by atoms with Crippen molar-refractivity contribution in [3.05, 3.63) is 64.7 Å². The first-order valence-corrected chi connectivity index (χ1v) is 14.9. The van der Waals surface area contributed by atoms with Gasteiger partial charge in [0.25, 0.3) is 0 Å². The van der Waals surface area contributed by atoms with Crippen molar-refractivity contribution in [3.63, 3.8) is 0 Å². The average molecular weight is 530 g/mol. The minimum absolute atomic E-state index is 0.136. The molecule has 1 atom stereocenters. The lowest BCUT2D eigenvalue weighted by Crippen LogP contribution is -2.49. The van der Waals surface area contributed by atoms with E-state index < -0.39 is 16.1 Å². The first-order chi connectivity index (χ1) is 17.3. The van der Waals surface area contributed by atoms with E-state index in [0.717, 1.165) is 22.3 Å². The minimum atomic E-state index is -3.53. The molecule has 0 spiro atoms. The van der Waals surface area contributed by atoms with Gasteiger partial charge < -0.3 is 10.2 Å². The van der Waals surface area contributed by atoms with Crippen LogP contribution in [0.2, 0.25) is 0 Å². The molecule has 2 aromatic carbocycles. The lowest BCUT2D eigenvalue weighted by molar-refractivity contribution is -0.141. The number of nitrogens with zero attached hydrogens (tertiary/aromatic N) is 2. The van der Waals surface area contributed by atoms with Crippen molar-refractivity contribution in [2.24, 2.45) is 5.92 Å². The minimum Gasteiger partial charge on any atom is -0.354 e. The molecule has 0 aliphatic carbocycles. The van der Waals surface area contributed by atoms with Crippen LogP contribution in [0.15, 0.2) is 42.5 Å². The highest BCUT2D eigenvalue weighted by molar-refractivity contribution is 7.92. The van der Waals surface area contributed by atoms with Crippen molar-refractivity contribution in [1.29, 1.82) is 0 Å². The van der Waals surface area contributed by atoms with Crippen LogP contribution in [0.4, 0.5) is 5.69 Å². The molecule has 0 saturated carbocycles. The van der Waals surface area contributed by atoms with E-state index in [1.54, 1.807) is 11.0 Å². The number of benzene rings is 2. The molecule has 37 heavy (non-hydrogen) atoms. The van der Waals surface area contributed by atoms with Gasteiger partial charge in [0.15, 0.2) is 0 Å². The van der Waals surface area contributed by atoms with Crippen molar-refractivity contribution in [3.8, 4) is 0 Å². The van der Waals surface area contributed by atoms with E-state index in [4.69, 9.17) is 0 Å². The fourth-order valence-corrected chi connectivity index (χ4v) is 5.24. The van der Waals surface area contributed by atoms with Crippen LogP contribution in [0.5, 0.6) is 0 Å². The quantitative estimate of drug-likeness (QED) is 0.406. The van der Waals surface area contributed by atoms with Crippen molar-refractivity contribution in [2.45, 2.75) is 73.4 Å². The van der Waals surface area contributed by atoms with Gasteiger partial charge in [-0.15, -0.1) is 0 Å². The zero-order chi connectivity index (χ0) is 27.8. The summed E-state index contributed by atoms with van der Waals surface area (Å²) in [5, 5.41) is 2.97.